The summed E-state index contributed by atoms with van der Waals surface area (Å²) in [7, 11) is 0. The Morgan fingerprint density at radius 2 is 1.52 bits per heavy atom. The van der Waals surface area contributed by atoms with Crippen LogP contribution in [0.5, 0.6) is 0 Å². The summed E-state index contributed by atoms with van der Waals surface area (Å²) in [5.41, 5.74) is 2.30. The maximum Gasteiger partial charge on any atom is 0.261 e. The number of carbonyl (C=O) groups excluding carboxylic acids is 4. The van der Waals surface area contributed by atoms with Gasteiger partial charge in [0.1, 0.15) is 0 Å². The fraction of sp³-hybridized carbons (Fsp3) is 0.154. The number of fused-ring (bicyclic) bond motifs is 1. The van der Waals surface area contributed by atoms with Gasteiger partial charge in [0.2, 0.25) is 0 Å². The Morgan fingerprint density at radius 1 is 0.818 bits per heavy atom. The minimum Gasteiger partial charge on any atom is -0.349 e. The summed E-state index contributed by atoms with van der Waals surface area (Å²) < 4.78 is 0. The van der Waals surface area contributed by atoms with Crippen molar-refractivity contribution in [2.24, 2.45) is 0 Å². The van der Waals surface area contributed by atoms with Crippen molar-refractivity contribution >= 4 is 29.3 Å². The van der Waals surface area contributed by atoms with Crippen molar-refractivity contribution in [3.05, 3.63) is 101 Å². The minimum absolute atomic E-state index is 0.165. The zero-order valence-corrected chi connectivity index (χ0v) is 17.7. The molecule has 1 fully saturated rings. The van der Waals surface area contributed by atoms with E-state index in [-0.39, 0.29) is 41.1 Å². The molecule has 4 amide bonds. The van der Waals surface area contributed by atoms with Crippen LogP contribution in [0.4, 0.5) is 5.69 Å². The first kappa shape index (κ1) is 20.6. The monoisotopic (exact) mass is 439 g/mol. The Hall–Kier alpha value is -4.26. The molecule has 0 bridgehead atoms. The Labute approximate surface area is 190 Å². The maximum absolute atomic E-state index is 12.9. The Balaban J connectivity index is 1.35. The van der Waals surface area contributed by atoms with Crippen LogP contribution in [0.15, 0.2) is 72.8 Å². The van der Waals surface area contributed by atoms with Crippen molar-refractivity contribution in [1.82, 2.24) is 10.2 Å². The van der Waals surface area contributed by atoms with Crippen LogP contribution in [0, 0.1) is 0 Å². The number of imide groups is 1. The summed E-state index contributed by atoms with van der Waals surface area (Å²) in [5, 5.41) is 5.68. The van der Waals surface area contributed by atoms with E-state index in [9.17, 15) is 19.2 Å². The average Bonchev–Trinajstić information content (AvgIpc) is 3.62. The number of nitrogens with zero attached hydrogens (tertiary/aromatic N) is 1. The van der Waals surface area contributed by atoms with Crippen molar-refractivity contribution in [3.8, 4) is 0 Å². The fourth-order valence-corrected chi connectivity index (χ4v) is 3.82. The topological polar surface area (TPSA) is 95.6 Å². The molecule has 0 aromatic heterocycles. The molecule has 0 spiro atoms. The lowest BCUT2D eigenvalue weighted by molar-refractivity contribution is 0.0641. The third kappa shape index (κ3) is 4.13. The predicted octanol–water partition coefficient (Wildman–Crippen LogP) is 3.63. The fourth-order valence-electron chi connectivity index (χ4n) is 3.82. The second kappa shape index (κ2) is 8.35. The maximum atomic E-state index is 12.9. The first-order valence-electron chi connectivity index (χ1n) is 10.8. The normalized spacial score (nSPS) is 14.7. The van der Waals surface area contributed by atoms with Crippen LogP contribution in [0.1, 0.15) is 59.8 Å². The van der Waals surface area contributed by atoms with Gasteiger partial charge in [-0.05, 0) is 48.7 Å². The van der Waals surface area contributed by atoms with E-state index in [0.717, 1.165) is 18.4 Å². The third-order valence-corrected chi connectivity index (χ3v) is 5.75. The first-order valence-corrected chi connectivity index (χ1v) is 10.8. The molecule has 1 saturated carbocycles. The van der Waals surface area contributed by atoms with Crippen LogP contribution < -0.4 is 10.6 Å². The lowest BCUT2D eigenvalue weighted by Gasteiger charge is -2.13. The summed E-state index contributed by atoms with van der Waals surface area (Å²) in [5.74, 6) is -1.52. The first-order chi connectivity index (χ1) is 16.0. The van der Waals surface area contributed by atoms with E-state index >= 15 is 0 Å². The van der Waals surface area contributed by atoms with Gasteiger partial charge in [0, 0.05) is 11.6 Å². The van der Waals surface area contributed by atoms with Gasteiger partial charge >= 0.3 is 0 Å². The van der Waals surface area contributed by atoms with Gasteiger partial charge < -0.3 is 10.6 Å². The number of nitrogens with one attached hydrogen (secondary N) is 2. The molecule has 7 nitrogen and oxygen atoms in total. The highest BCUT2D eigenvalue weighted by molar-refractivity contribution is 6.22. The molecular formula is C26H21N3O4. The van der Waals surface area contributed by atoms with Crippen LogP contribution in [0.3, 0.4) is 0 Å². The number of anilines is 1. The Kier molecular flexibility index (Phi) is 5.22. The van der Waals surface area contributed by atoms with E-state index in [4.69, 9.17) is 0 Å². The highest BCUT2D eigenvalue weighted by Gasteiger charge is 2.36. The second-order valence-electron chi connectivity index (χ2n) is 8.19. The average molecular weight is 439 g/mol. The highest BCUT2D eigenvalue weighted by atomic mass is 16.2. The quantitative estimate of drug-likeness (QED) is 0.574. The molecule has 7 heteroatoms. The van der Waals surface area contributed by atoms with Gasteiger partial charge in [-0.3, -0.25) is 24.1 Å². The van der Waals surface area contributed by atoms with E-state index < -0.39 is 11.8 Å². The van der Waals surface area contributed by atoms with E-state index in [1.165, 1.54) is 23.1 Å². The molecule has 1 aliphatic carbocycles. The van der Waals surface area contributed by atoms with E-state index in [1.54, 1.807) is 24.3 Å². The molecule has 3 aromatic rings. The molecule has 2 N–H and O–H groups in total. The van der Waals surface area contributed by atoms with Crippen LogP contribution in [-0.4, -0.2) is 34.6 Å². The standard InChI is InChI=1S/C26H21N3O4/c30-23(28-22-9-5-4-8-20(22)24(31)27-18-11-12-18)17-10-13-19-21(14-17)26(33)29(25(19)32)15-16-6-2-1-3-7-16/h1-10,13-14,18H,11-12,15H2,(H,27,31)(H,28,30). The SMILES string of the molecule is O=C(Nc1ccccc1C(=O)NC1CC1)c1ccc2c(c1)C(=O)N(Cc1ccccc1)C2=O. The smallest absolute Gasteiger partial charge is 0.261 e. The van der Waals surface area contributed by atoms with Crippen molar-refractivity contribution in [3.63, 3.8) is 0 Å². The minimum atomic E-state index is -0.466. The number of amides is 4. The predicted molar refractivity (Wildman–Crippen MR) is 122 cm³/mol. The van der Waals surface area contributed by atoms with Crippen LogP contribution >= 0.6 is 0 Å². The van der Waals surface area contributed by atoms with Gasteiger partial charge in [-0.25, -0.2) is 0 Å². The Morgan fingerprint density at radius 3 is 2.27 bits per heavy atom. The molecule has 164 valence electrons. The molecule has 0 saturated heterocycles. The number of para-hydroxylation sites is 1. The zero-order chi connectivity index (χ0) is 22.9. The van der Waals surface area contributed by atoms with E-state index in [2.05, 4.69) is 10.6 Å². The van der Waals surface area contributed by atoms with Gasteiger partial charge in [0.15, 0.2) is 0 Å². The van der Waals surface area contributed by atoms with Crippen molar-refractivity contribution in [2.45, 2.75) is 25.4 Å². The summed E-state index contributed by atoms with van der Waals surface area (Å²) in [6, 6.07) is 20.7. The van der Waals surface area contributed by atoms with E-state index in [0.29, 0.717) is 11.3 Å². The lowest BCUT2D eigenvalue weighted by atomic mass is 10.0. The largest absolute Gasteiger partial charge is 0.349 e. The summed E-state index contributed by atoms with van der Waals surface area (Å²) >= 11 is 0. The van der Waals surface area contributed by atoms with Crippen LogP contribution in [0.25, 0.3) is 0 Å². The highest BCUT2D eigenvalue weighted by Crippen LogP contribution is 2.27. The summed E-state index contributed by atoms with van der Waals surface area (Å²) in [6.45, 7) is 0.165. The second-order valence-corrected chi connectivity index (χ2v) is 8.19. The summed E-state index contributed by atoms with van der Waals surface area (Å²) in [6.07, 6.45) is 1.92. The molecular weight excluding hydrogens is 418 g/mol. The van der Waals surface area contributed by atoms with Crippen molar-refractivity contribution < 1.29 is 19.2 Å². The van der Waals surface area contributed by atoms with Crippen LogP contribution in [-0.2, 0) is 6.54 Å². The molecule has 1 heterocycles. The number of benzene rings is 3. The molecule has 1 aliphatic heterocycles. The molecule has 0 atom stereocenters. The molecule has 0 radical (unpaired) electrons. The number of rotatable bonds is 6. The molecule has 5 rings (SSSR count). The Bertz CT molecular complexity index is 1280. The molecule has 2 aliphatic rings. The molecule has 33 heavy (non-hydrogen) atoms. The number of carbonyl (C=O) groups is 4. The zero-order valence-electron chi connectivity index (χ0n) is 17.7. The molecule has 3 aromatic carbocycles. The van der Waals surface area contributed by atoms with Crippen LogP contribution in [0.2, 0.25) is 0 Å². The lowest BCUT2D eigenvalue weighted by Crippen LogP contribution is -2.29. The summed E-state index contributed by atoms with van der Waals surface area (Å²) in [4.78, 5) is 52.3. The van der Waals surface area contributed by atoms with Gasteiger partial charge in [-0.2, -0.15) is 0 Å². The van der Waals surface area contributed by atoms with Gasteiger partial charge in [-0.15, -0.1) is 0 Å². The van der Waals surface area contributed by atoms with Gasteiger partial charge in [0.05, 0.1) is 28.9 Å². The van der Waals surface area contributed by atoms with Gasteiger partial charge in [-0.1, -0.05) is 42.5 Å². The number of hydrogen-bond acceptors (Lipinski definition) is 4. The van der Waals surface area contributed by atoms with Gasteiger partial charge in [0.25, 0.3) is 23.6 Å². The molecule has 0 unspecified atom stereocenters. The number of hydrogen-bond donors (Lipinski definition) is 2. The third-order valence-electron chi connectivity index (χ3n) is 5.75. The van der Waals surface area contributed by atoms with Crippen molar-refractivity contribution in [1.29, 1.82) is 0 Å². The van der Waals surface area contributed by atoms with E-state index in [1.807, 2.05) is 30.3 Å². The van der Waals surface area contributed by atoms with Crippen molar-refractivity contribution in [2.75, 3.05) is 5.32 Å².